The molecule has 7 nitrogen and oxygen atoms in total. The second-order valence-electron chi connectivity index (χ2n) is 6.89. The lowest BCUT2D eigenvalue weighted by Gasteiger charge is -2.19. The number of rotatable bonds is 3. The number of amides is 3. The van der Waals surface area contributed by atoms with Crippen LogP contribution in [0.4, 0.5) is 4.79 Å². The molecular weight excluding hydrogens is 428 g/mol. The van der Waals surface area contributed by atoms with Crippen molar-refractivity contribution in [2.75, 3.05) is 6.79 Å². The number of hydrogen-bond acceptors (Lipinski definition) is 5. The molecule has 2 aliphatic heterocycles. The molecule has 0 spiro atoms. The first-order valence-electron chi connectivity index (χ1n) is 8.67. The molecule has 1 unspecified atom stereocenters. The minimum atomic E-state index is -1.26. The molecule has 0 radical (unpaired) electrons. The Morgan fingerprint density at radius 1 is 1.14 bits per heavy atom. The number of para-hydroxylation sites is 1. The number of ether oxygens (including phenoxy) is 2. The molecule has 0 bridgehead atoms. The predicted molar refractivity (Wildman–Crippen MR) is 103 cm³/mol. The number of nitrogens with one attached hydrogen (secondary N) is 1. The van der Waals surface area contributed by atoms with Crippen LogP contribution in [0.2, 0.25) is 0 Å². The number of hydrogen-bond donors (Lipinski definition) is 1. The van der Waals surface area contributed by atoms with Crippen LogP contribution in [0.15, 0.2) is 51.4 Å². The van der Waals surface area contributed by atoms with Gasteiger partial charge < -0.3 is 19.2 Å². The number of nitrogens with zero attached hydrogens (tertiary/aromatic N) is 1. The third-order valence-corrected chi connectivity index (χ3v) is 5.80. The summed E-state index contributed by atoms with van der Waals surface area (Å²) >= 11 is 3.47. The predicted octanol–water partition coefficient (Wildman–Crippen LogP) is 3.89. The first-order chi connectivity index (χ1) is 13.5. The zero-order valence-electron chi connectivity index (χ0n) is 14.8. The number of benzene rings is 2. The van der Waals surface area contributed by atoms with E-state index in [-0.39, 0.29) is 19.2 Å². The molecule has 8 heteroatoms. The van der Waals surface area contributed by atoms with Gasteiger partial charge in [0.15, 0.2) is 17.0 Å². The van der Waals surface area contributed by atoms with Crippen LogP contribution in [0.3, 0.4) is 0 Å². The lowest BCUT2D eigenvalue weighted by atomic mass is 9.98. The van der Waals surface area contributed by atoms with Crippen molar-refractivity contribution in [2.24, 2.45) is 0 Å². The average molecular weight is 443 g/mol. The molecule has 1 N–H and O–H groups in total. The zero-order chi connectivity index (χ0) is 19.5. The number of carbonyl (C=O) groups is 2. The van der Waals surface area contributed by atoms with Gasteiger partial charge in [0.25, 0.3) is 5.91 Å². The highest BCUT2D eigenvalue weighted by atomic mass is 79.9. The van der Waals surface area contributed by atoms with Crippen LogP contribution in [-0.2, 0) is 16.9 Å². The van der Waals surface area contributed by atoms with Gasteiger partial charge in [0, 0.05) is 9.86 Å². The van der Waals surface area contributed by atoms with Gasteiger partial charge in [-0.05, 0) is 36.8 Å². The minimum absolute atomic E-state index is 0.0949. The fraction of sp³-hybridized carbons (Fsp3) is 0.200. The molecule has 28 heavy (non-hydrogen) atoms. The van der Waals surface area contributed by atoms with Gasteiger partial charge in [0.2, 0.25) is 6.79 Å². The molecule has 1 aromatic heterocycles. The lowest BCUT2D eigenvalue weighted by Crippen LogP contribution is -2.40. The van der Waals surface area contributed by atoms with Gasteiger partial charge in [0.1, 0.15) is 11.3 Å². The smallest absolute Gasteiger partial charge is 0.325 e. The standard InChI is InChI=1S/C20H15BrN2O5/c1-20(17-7-11-4-2-3-5-14(11)28-17)18(24)23(19(25)22-20)9-12-6-15-16(8-13(12)21)27-10-26-15/h2-8H,9-10H2,1H3,(H,22,25). The molecule has 3 amide bonds. The molecule has 1 fully saturated rings. The third kappa shape index (κ3) is 2.48. The molecule has 3 heterocycles. The monoisotopic (exact) mass is 442 g/mol. The largest absolute Gasteiger partial charge is 0.458 e. The molecule has 2 aliphatic rings. The van der Waals surface area contributed by atoms with Crippen molar-refractivity contribution < 1.29 is 23.5 Å². The lowest BCUT2D eigenvalue weighted by molar-refractivity contribution is -0.132. The minimum Gasteiger partial charge on any atom is -0.458 e. The van der Waals surface area contributed by atoms with Gasteiger partial charge >= 0.3 is 6.03 Å². The van der Waals surface area contributed by atoms with Crippen LogP contribution in [0, 0.1) is 0 Å². The maximum atomic E-state index is 13.2. The van der Waals surface area contributed by atoms with Crippen molar-refractivity contribution in [2.45, 2.75) is 19.0 Å². The number of imide groups is 1. The number of urea groups is 1. The fourth-order valence-corrected chi connectivity index (χ4v) is 3.93. The molecular formula is C20H15BrN2O5. The summed E-state index contributed by atoms with van der Waals surface area (Å²) in [6.45, 7) is 1.90. The average Bonchev–Trinajstić information content (AvgIpc) is 3.35. The molecule has 0 saturated carbocycles. The zero-order valence-corrected chi connectivity index (χ0v) is 16.4. The molecule has 1 saturated heterocycles. The van der Waals surface area contributed by atoms with Crippen molar-refractivity contribution in [1.29, 1.82) is 0 Å². The Kier molecular flexibility index (Phi) is 3.67. The molecule has 0 aliphatic carbocycles. The summed E-state index contributed by atoms with van der Waals surface area (Å²) in [5.41, 5.74) is 0.137. The number of fused-ring (bicyclic) bond motifs is 2. The van der Waals surface area contributed by atoms with Gasteiger partial charge in [-0.25, -0.2) is 4.79 Å². The third-order valence-electron chi connectivity index (χ3n) is 5.06. The van der Waals surface area contributed by atoms with Crippen molar-refractivity contribution in [3.05, 3.63) is 58.3 Å². The molecule has 142 valence electrons. The Hall–Kier alpha value is -3.00. The van der Waals surface area contributed by atoms with E-state index in [0.717, 1.165) is 15.4 Å². The van der Waals surface area contributed by atoms with Gasteiger partial charge in [0.05, 0.1) is 6.54 Å². The van der Waals surface area contributed by atoms with Gasteiger partial charge in [-0.15, -0.1) is 0 Å². The Morgan fingerprint density at radius 3 is 2.68 bits per heavy atom. The Labute approximate surface area is 168 Å². The molecule has 2 aromatic carbocycles. The highest BCUT2D eigenvalue weighted by Crippen LogP contribution is 2.39. The number of halogens is 1. The summed E-state index contributed by atoms with van der Waals surface area (Å²) in [4.78, 5) is 27.0. The normalized spacial score (nSPS) is 20.9. The van der Waals surface area contributed by atoms with E-state index in [9.17, 15) is 9.59 Å². The van der Waals surface area contributed by atoms with Crippen LogP contribution in [0.5, 0.6) is 11.5 Å². The summed E-state index contributed by atoms with van der Waals surface area (Å²) in [5, 5.41) is 3.64. The highest BCUT2D eigenvalue weighted by Gasteiger charge is 2.51. The van der Waals surface area contributed by atoms with Crippen molar-refractivity contribution in [1.82, 2.24) is 10.2 Å². The number of furan rings is 1. The first kappa shape index (κ1) is 17.1. The van der Waals surface area contributed by atoms with E-state index < -0.39 is 11.6 Å². The van der Waals surface area contributed by atoms with E-state index in [0.29, 0.717) is 22.8 Å². The van der Waals surface area contributed by atoms with Crippen LogP contribution in [0.25, 0.3) is 11.0 Å². The van der Waals surface area contributed by atoms with E-state index in [1.807, 2.05) is 24.3 Å². The van der Waals surface area contributed by atoms with E-state index in [2.05, 4.69) is 21.2 Å². The highest BCUT2D eigenvalue weighted by molar-refractivity contribution is 9.10. The van der Waals surface area contributed by atoms with Crippen LogP contribution in [0.1, 0.15) is 18.2 Å². The van der Waals surface area contributed by atoms with Gasteiger partial charge in [-0.3, -0.25) is 9.69 Å². The van der Waals surface area contributed by atoms with Crippen LogP contribution < -0.4 is 14.8 Å². The maximum Gasteiger partial charge on any atom is 0.325 e. The van der Waals surface area contributed by atoms with E-state index in [1.165, 1.54) is 4.90 Å². The summed E-state index contributed by atoms with van der Waals surface area (Å²) < 4.78 is 17.3. The number of carbonyl (C=O) groups excluding carboxylic acids is 2. The quantitative estimate of drug-likeness (QED) is 0.622. The molecule has 1 atom stereocenters. The Balaban J connectivity index is 1.47. The molecule has 3 aromatic rings. The van der Waals surface area contributed by atoms with Gasteiger partial charge in [-0.1, -0.05) is 34.1 Å². The SMILES string of the molecule is CC1(c2cc3ccccc3o2)NC(=O)N(Cc2cc3c(cc2Br)OCO3)C1=O. The first-order valence-corrected chi connectivity index (χ1v) is 9.46. The van der Waals surface area contributed by atoms with Gasteiger partial charge in [-0.2, -0.15) is 0 Å². The summed E-state index contributed by atoms with van der Waals surface area (Å²) in [7, 11) is 0. The second kappa shape index (κ2) is 6.00. The Morgan fingerprint density at radius 2 is 1.89 bits per heavy atom. The molecule has 5 rings (SSSR count). The summed E-state index contributed by atoms with van der Waals surface area (Å²) in [5.74, 6) is 1.24. The van der Waals surface area contributed by atoms with E-state index in [4.69, 9.17) is 13.9 Å². The van der Waals surface area contributed by atoms with E-state index >= 15 is 0 Å². The maximum absolute atomic E-state index is 13.2. The van der Waals surface area contributed by atoms with Crippen molar-refractivity contribution in [3.63, 3.8) is 0 Å². The second-order valence-corrected chi connectivity index (χ2v) is 7.75. The topological polar surface area (TPSA) is 81.0 Å². The summed E-state index contributed by atoms with van der Waals surface area (Å²) in [6.07, 6.45) is 0. The van der Waals surface area contributed by atoms with Crippen LogP contribution >= 0.6 is 15.9 Å². The van der Waals surface area contributed by atoms with Crippen molar-refractivity contribution in [3.8, 4) is 11.5 Å². The Bertz CT molecular complexity index is 1110. The van der Waals surface area contributed by atoms with Crippen molar-refractivity contribution >= 4 is 38.8 Å². The van der Waals surface area contributed by atoms with Crippen LogP contribution in [-0.4, -0.2) is 23.6 Å². The summed E-state index contributed by atoms with van der Waals surface area (Å²) in [6, 6.07) is 12.3. The fourth-order valence-electron chi connectivity index (χ4n) is 3.49. The van der Waals surface area contributed by atoms with E-state index in [1.54, 1.807) is 25.1 Å².